The summed E-state index contributed by atoms with van der Waals surface area (Å²) in [5.41, 5.74) is 0.115. The molecule has 132 valence electrons. The molecule has 0 spiro atoms. The van der Waals surface area contributed by atoms with Crippen LogP contribution in [-0.2, 0) is 9.59 Å². The molecule has 1 amide bonds. The molecule has 0 radical (unpaired) electrons. The lowest BCUT2D eigenvalue weighted by Crippen LogP contribution is -2.34. The zero-order valence-corrected chi connectivity index (χ0v) is 12.9. The molecule has 0 unspecified atom stereocenters. The summed E-state index contributed by atoms with van der Waals surface area (Å²) in [4.78, 5) is 24.0. The molecule has 1 aromatic carbocycles. The monoisotopic (exact) mass is 368 g/mol. The number of halogens is 5. The molecule has 0 saturated carbocycles. The van der Waals surface area contributed by atoms with Crippen LogP contribution in [0, 0.1) is 17.7 Å². The molecule has 1 saturated heterocycles. The van der Waals surface area contributed by atoms with Gasteiger partial charge in [-0.25, -0.2) is 4.39 Å². The number of nitrogens with zero attached hydrogens (tertiary/aromatic N) is 1. The molecule has 1 aliphatic rings. The number of amides is 1. The molecule has 2 N–H and O–H groups in total. The van der Waals surface area contributed by atoms with E-state index in [-0.39, 0.29) is 17.3 Å². The molecular weight excluding hydrogens is 356 g/mol. The Morgan fingerprint density at radius 1 is 1.33 bits per heavy atom. The van der Waals surface area contributed by atoms with E-state index in [0.717, 1.165) is 17.0 Å². The predicted molar refractivity (Wildman–Crippen MR) is 77.2 cm³/mol. The third-order valence-electron chi connectivity index (χ3n) is 3.71. The Labute approximate surface area is 139 Å². The quantitative estimate of drug-likeness (QED) is 0.802. The third kappa shape index (κ3) is 4.35. The summed E-state index contributed by atoms with van der Waals surface area (Å²) in [6.07, 6.45) is -4.66. The number of hydrogen-bond acceptors (Lipinski definition) is 3. The van der Waals surface area contributed by atoms with Gasteiger partial charge in [0.2, 0.25) is 5.91 Å². The minimum absolute atomic E-state index is 0.0543. The van der Waals surface area contributed by atoms with Crippen LogP contribution in [0.15, 0.2) is 18.2 Å². The molecule has 2 rings (SSSR count). The second-order valence-electron chi connectivity index (χ2n) is 5.46. The van der Waals surface area contributed by atoms with Crippen LogP contribution in [-0.4, -0.2) is 47.7 Å². The highest BCUT2D eigenvalue weighted by molar-refractivity contribution is 6.33. The number of carbonyl (C=O) groups excluding carboxylic acids is 1. The van der Waals surface area contributed by atoms with Gasteiger partial charge >= 0.3 is 12.1 Å². The van der Waals surface area contributed by atoms with Gasteiger partial charge in [-0.3, -0.25) is 14.5 Å². The summed E-state index contributed by atoms with van der Waals surface area (Å²) >= 11 is 5.74. The smallest absolute Gasteiger partial charge is 0.393 e. The molecule has 2 atom stereocenters. The van der Waals surface area contributed by atoms with Gasteiger partial charge in [0.05, 0.1) is 29.1 Å². The Balaban J connectivity index is 2.00. The Hall–Kier alpha value is -1.87. The van der Waals surface area contributed by atoms with Crippen LogP contribution in [0.1, 0.15) is 0 Å². The maximum atomic E-state index is 12.9. The van der Waals surface area contributed by atoms with Crippen molar-refractivity contribution < 1.29 is 32.3 Å². The standard InChI is InChI=1S/C14H13ClF4N2O3/c15-10-3-7(16)1-2-11(10)20-12(22)6-21-4-8(13(23)24)9(5-21)14(17,18)19/h1-3,8-9H,4-6H2,(H,20,22)(H,23,24)/t8-,9-/m1/s1. The highest BCUT2D eigenvalue weighted by Gasteiger charge is 2.52. The van der Waals surface area contributed by atoms with E-state index in [0.29, 0.717) is 0 Å². The van der Waals surface area contributed by atoms with E-state index >= 15 is 0 Å². The highest BCUT2D eigenvalue weighted by Crippen LogP contribution is 2.37. The number of hydrogen-bond donors (Lipinski definition) is 2. The van der Waals surface area contributed by atoms with E-state index in [1.165, 1.54) is 6.07 Å². The van der Waals surface area contributed by atoms with Crippen molar-refractivity contribution in [1.82, 2.24) is 4.90 Å². The average Bonchev–Trinajstić information content (AvgIpc) is 2.86. The van der Waals surface area contributed by atoms with Crippen molar-refractivity contribution >= 4 is 29.2 Å². The number of carbonyl (C=O) groups is 2. The molecule has 5 nitrogen and oxygen atoms in total. The second kappa shape index (κ2) is 6.94. The largest absolute Gasteiger partial charge is 0.481 e. The van der Waals surface area contributed by atoms with E-state index in [1.54, 1.807) is 0 Å². The van der Waals surface area contributed by atoms with Crippen molar-refractivity contribution in [3.05, 3.63) is 29.0 Å². The van der Waals surface area contributed by atoms with Gasteiger partial charge < -0.3 is 10.4 Å². The molecule has 0 aliphatic carbocycles. The van der Waals surface area contributed by atoms with Gasteiger partial charge in [0, 0.05) is 13.1 Å². The first-order chi connectivity index (χ1) is 11.1. The Bertz CT molecular complexity index is 653. The van der Waals surface area contributed by atoms with Crippen molar-refractivity contribution in [2.24, 2.45) is 11.8 Å². The van der Waals surface area contributed by atoms with Gasteiger partial charge in [0.25, 0.3) is 0 Å². The van der Waals surface area contributed by atoms with Gasteiger partial charge in [-0.15, -0.1) is 0 Å². The number of benzene rings is 1. The molecule has 10 heteroatoms. The summed E-state index contributed by atoms with van der Waals surface area (Å²) in [5.74, 6) is -6.48. The normalized spacial score (nSPS) is 21.7. The zero-order valence-electron chi connectivity index (χ0n) is 12.1. The minimum atomic E-state index is -4.66. The maximum Gasteiger partial charge on any atom is 0.393 e. The predicted octanol–water partition coefficient (Wildman–Crippen LogP) is 2.61. The Morgan fingerprint density at radius 2 is 2.00 bits per heavy atom. The summed E-state index contributed by atoms with van der Waals surface area (Å²) < 4.78 is 51.5. The number of likely N-dealkylation sites (tertiary alicyclic amines) is 1. The fraction of sp³-hybridized carbons (Fsp3) is 0.429. The first kappa shape index (κ1) is 18.5. The van der Waals surface area contributed by atoms with Crippen molar-refractivity contribution in [2.75, 3.05) is 25.0 Å². The average molecular weight is 369 g/mol. The summed E-state index contributed by atoms with van der Waals surface area (Å²) in [5, 5.41) is 11.2. The molecule has 0 aromatic heterocycles. The molecular formula is C14H13ClF4N2O3. The van der Waals surface area contributed by atoms with E-state index in [4.69, 9.17) is 16.7 Å². The van der Waals surface area contributed by atoms with Crippen molar-refractivity contribution in [3.63, 3.8) is 0 Å². The van der Waals surface area contributed by atoms with Gasteiger partial charge in [-0.2, -0.15) is 13.2 Å². The zero-order chi connectivity index (χ0) is 18.1. The van der Waals surface area contributed by atoms with Crippen LogP contribution in [0.4, 0.5) is 23.2 Å². The van der Waals surface area contributed by atoms with Gasteiger partial charge in [0.1, 0.15) is 5.82 Å². The van der Waals surface area contributed by atoms with Crippen molar-refractivity contribution in [2.45, 2.75) is 6.18 Å². The lowest BCUT2D eigenvalue weighted by atomic mass is 9.96. The van der Waals surface area contributed by atoms with Crippen LogP contribution in [0.25, 0.3) is 0 Å². The minimum Gasteiger partial charge on any atom is -0.481 e. The van der Waals surface area contributed by atoms with Gasteiger partial charge in [-0.05, 0) is 18.2 Å². The van der Waals surface area contributed by atoms with E-state index in [9.17, 15) is 27.2 Å². The number of aliphatic carboxylic acids is 1. The molecule has 24 heavy (non-hydrogen) atoms. The van der Waals surface area contributed by atoms with Crippen LogP contribution in [0.5, 0.6) is 0 Å². The van der Waals surface area contributed by atoms with Gasteiger partial charge in [-0.1, -0.05) is 11.6 Å². The molecule has 1 aromatic rings. The summed E-state index contributed by atoms with van der Waals surface area (Å²) in [6.45, 7) is -1.39. The lowest BCUT2D eigenvalue weighted by molar-refractivity contribution is -0.188. The number of nitrogens with one attached hydrogen (secondary N) is 1. The SMILES string of the molecule is O=C(CN1C[C@@H](C(F)(F)F)[C@H](C(=O)O)C1)Nc1ccc(F)cc1Cl. The molecule has 0 bridgehead atoms. The number of alkyl halides is 3. The van der Waals surface area contributed by atoms with Crippen LogP contribution >= 0.6 is 11.6 Å². The van der Waals surface area contributed by atoms with E-state index in [1.807, 2.05) is 0 Å². The summed E-state index contributed by atoms with van der Waals surface area (Å²) in [7, 11) is 0. The Kier molecular flexibility index (Phi) is 5.34. The maximum absolute atomic E-state index is 12.9. The van der Waals surface area contributed by atoms with E-state index in [2.05, 4.69) is 5.32 Å². The number of carboxylic acids is 1. The number of anilines is 1. The number of carboxylic acid groups (broad SMARTS) is 1. The summed E-state index contributed by atoms with van der Waals surface area (Å²) in [6, 6.07) is 3.27. The van der Waals surface area contributed by atoms with Crippen LogP contribution < -0.4 is 5.32 Å². The number of rotatable bonds is 4. The fourth-order valence-corrected chi connectivity index (χ4v) is 2.79. The third-order valence-corrected chi connectivity index (χ3v) is 4.02. The van der Waals surface area contributed by atoms with Crippen molar-refractivity contribution in [1.29, 1.82) is 0 Å². The molecule has 1 fully saturated rings. The van der Waals surface area contributed by atoms with Crippen LogP contribution in [0.2, 0.25) is 5.02 Å². The first-order valence-corrected chi connectivity index (χ1v) is 7.22. The molecule has 1 heterocycles. The molecule has 1 aliphatic heterocycles. The van der Waals surface area contributed by atoms with E-state index < -0.39 is 48.8 Å². The lowest BCUT2D eigenvalue weighted by Gasteiger charge is -2.18. The highest BCUT2D eigenvalue weighted by atomic mass is 35.5. The van der Waals surface area contributed by atoms with Gasteiger partial charge in [0.15, 0.2) is 0 Å². The van der Waals surface area contributed by atoms with Crippen LogP contribution in [0.3, 0.4) is 0 Å². The fourth-order valence-electron chi connectivity index (χ4n) is 2.58. The first-order valence-electron chi connectivity index (χ1n) is 6.84. The second-order valence-corrected chi connectivity index (χ2v) is 5.87. The Morgan fingerprint density at radius 3 is 2.50 bits per heavy atom. The topological polar surface area (TPSA) is 69.6 Å². The van der Waals surface area contributed by atoms with Crippen molar-refractivity contribution in [3.8, 4) is 0 Å².